The van der Waals surface area contributed by atoms with Gasteiger partial charge >= 0.3 is 5.69 Å². The molecule has 0 saturated heterocycles. The van der Waals surface area contributed by atoms with E-state index in [9.17, 15) is 14.9 Å². The summed E-state index contributed by atoms with van der Waals surface area (Å²) >= 11 is 11.8. The number of hydrazine groups is 1. The number of carbonyl (C=O) groups excluding carboxylic acids is 1. The molecule has 1 amide bonds. The quantitative estimate of drug-likeness (QED) is 0.477. The highest BCUT2D eigenvalue weighted by molar-refractivity contribution is 6.36. The number of aryl methyl sites for hydroxylation is 2. The topological polar surface area (TPSA) is 128 Å². The smallest absolute Gasteiger partial charge is 0.276 e. The number of aromatic nitrogens is 4. The summed E-state index contributed by atoms with van der Waals surface area (Å²) < 4.78 is 1.33. The summed E-state index contributed by atoms with van der Waals surface area (Å²) in [4.78, 5) is 31.1. The fraction of sp³-hybridized carbons (Fsp3) is 0.125. The molecule has 1 aromatic carbocycles. The van der Waals surface area contributed by atoms with Crippen molar-refractivity contribution in [1.29, 1.82) is 0 Å². The Morgan fingerprint density at radius 2 is 1.96 bits per heavy atom. The van der Waals surface area contributed by atoms with Crippen LogP contribution >= 0.6 is 23.2 Å². The Labute approximate surface area is 168 Å². The maximum atomic E-state index is 12.3. The molecule has 0 aliphatic carbocycles. The van der Waals surface area contributed by atoms with Crippen molar-refractivity contribution in [2.24, 2.45) is 0 Å². The number of nitrogens with one attached hydrogen (secondary N) is 2. The van der Waals surface area contributed by atoms with E-state index in [0.29, 0.717) is 16.4 Å². The van der Waals surface area contributed by atoms with Gasteiger partial charge in [-0.1, -0.05) is 23.2 Å². The molecular formula is C16H13Cl2N7O3. The fourth-order valence-corrected chi connectivity index (χ4v) is 2.98. The third-order valence-electron chi connectivity index (χ3n) is 3.67. The second-order valence-corrected chi connectivity index (χ2v) is 6.54. The predicted molar refractivity (Wildman–Crippen MR) is 103 cm³/mol. The maximum absolute atomic E-state index is 12.3. The zero-order chi connectivity index (χ0) is 20.4. The van der Waals surface area contributed by atoms with Gasteiger partial charge in [-0.2, -0.15) is 5.10 Å². The van der Waals surface area contributed by atoms with Crippen LogP contribution in [0.4, 0.5) is 11.5 Å². The first-order valence-corrected chi connectivity index (χ1v) is 8.58. The molecule has 0 bridgehead atoms. The van der Waals surface area contributed by atoms with Crippen LogP contribution < -0.4 is 10.9 Å². The minimum absolute atomic E-state index is 0.0353. The normalized spacial score (nSPS) is 10.6. The molecule has 2 N–H and O–H groups in total. The van der Waals surface area contributed by atoms with Crippen LogP contribution in [0.15, 0.2) is 30.6 Å². The van der Waals surface area contributed by atoms with Crippen LogP contribution in [-0.2, 0) is 0 Å². The van der Waals surface area contributed by atoms with Gasteiger partial charge in [0.15, 0.2) is 0 Å². The minimum Gasteiger partial charge on any atom is -0.276 e. The third-order valence-corrected chi connectivity index (χ3v) is 4.21. The molecule has 0 saturated carbocycles. The highest BCUT2D eigenvalue weighted by Crippen LogP contribution is 2.28. The second-order valence-electron chi connectivity index (χ2n) is 5.69. The zero-order valence-corrected chi connectivity index (χ0v) is 16.1. The number of hydrogen-bond donors (Lipinski definition) is 2. The van der Waals surface area contributed by atoms with Gasteiger partial charge in [0.1, 0.15) is 6.33 Å². The molecule has 0 fully saturated rings. The Kier molecular flexibility index (Phi) is 5.43. The summed E-state index contributed by atoms with van der Waals surface area (Å²) in [7, 11) is 0. The first-order valence-electron chi connectivity index (χ1n) is 7.82. The van der Waals surface area contributed by atoms with Crippen LogP contribution in [0, 0.1) is 24.0 Å². The Balaban J connectivity index is 1.92. The number of rotatable bonds is 5. The third kappa shape index (κ3) is 3.87. The Hall–Kier alpha value is -3.24. The number of hydrogen-bond acceptors (Lipinski definition) is 7. The van der Waals surface area contributed by atoms with Crippen LogP contribution in [0.1, 0.15) is 21.7 Å². The van der Waals surface area contributed by atoms with Gasteiger partial charge in [-0.15, -0.1) is 0 Å². The Morgan fingerprint density at radius 3 is 2.57 bits per heavy atom. The lowest BCUT2D eigenvalue weighted by Gasteiger charge is -2.11. The molecular weight excluding hydrogens is 409 g/mol. The summed E-state index contributed by atoms with van der Waals surface area (Å²) in [6.07, 6.45) is 1.13. The van der Waals surface area contributed by atoms with E-state index in [1.165, 1.54) is 22.9 Å². The van der Waals surface area contributed by atoms with Gasteiger partial charge in [-0.3, -0.25) is 25.8 Å². The first-order chi connectivity index (χ1) is 13.3. The first kappa shape index (κ1) is 19.5. The maximum Gasteiger partial charge on any atom is 0.357 e. The number of carbonyl (C=O) groups is 1. The number of amides is 1. The monoisotopic (exact) mass is 421 g/mol. The molecule has 2 aromatic heterocycles. The largest absolute Gasteiger partial charge is 0.357 e. The standard InChI is InChI=1S/C16H13Cl2N7O3/c1-8-5-9(2)24(23-8)15-13(25(27)28)14(19-7-20-15)21-22-16(26)11-4-3-10(17)6-12(11)18/h3-7H,1-2H3,(H,22,26)(H,19,20,21). The van der Waals surface area contributed by atoms with Gasteiger partial charge in [-0.25, -0.2) is 14.6 Å². The lowest BCUT2D eigenvalue weighted by atomic mass is 10.2. The van der Waals surface area contributed by atoms with Gasteiger partial charge in [0.05, 0.1) is 21.2 Å². The van der Waals surface area contributed by atoms with E-state index in [0.717, 1.165) is 6.33 Å². The van der Waals surface area contributed by atoms with Crippen LogP contribution in [0.3, 0.4) is 0 Å². The van der Waals surface area contributed by atoms with E-state index >= 15 is 0 Å². The van der Waals surface area contributed by atoms with Crippen molar-refractivity contribution in [2.45, 2.75) is 13.8 Å². The average molecular weight is 422 g/mol. The van der Waals surface area contributed by atoms with Crippen molar-refractivity contribution in [3.8, 4) is 5.82 Å². The van der Waals surface area contributed by atoms with Crippen molar-refractivity contribution >= 4 is 40.6 Å². The van der Waals surface area contributed by atoms with Gasteiger partial charge in [0, 0.05) is 10.7 Å². The Bertz CT molecular complexity index is 1080. The predicted octanol–water partition coefficient (Wildman–Crippen LogP) is 3.25. The van der Waals surface area contributed by atoms with Crippen molar-refractivity contribution in [1.82, 2.24) is 25.2 Å². The van der Waals surface area contributed by atoms with E-state index in [1.807, 2.05) is 0 Å². The molecule has 3 rings (SSSR count). The number of nitro groups is 1. The van der Waals surface area contributed by atoms with E-state index in [1.54, 1.807) is 19.9 Å². The lowest BCUT2D eigenvalue weighted by Crippen LogP contribution is -2.30. The minimum atomic E-state index is -0.657. The Morgan fingerprint density at radius 1 is 1.21 bits per heavy atom. The lowest BCUT2D eigenvalue weighted by molar-refractivity contribution is -0.384. The summed E-state index contributed by atoms with van der Waals surface area (Å²) in [5.41, 5.74) is 5.79. The molecule has 0 atom stereocenters. The highest BCUT2D eigenvalue weighted by Gasteiger charge is 2.26. The fourth-order valence-electron chi connectivity index (χ4n) is 2.48. The van der Waals surface area contributed by atoms with E-state index in [2.05, 4.69) is 25.9 Å². The molecule has 0 aliphatic rings. The van der Waals surface area contributed by atoms with E-state index in [-0.39, 0.29) is 22.2 Å². The van der Waals surface area contributed by atoms with Crippen LogP contribution in [-0.4, -0.2) is 30.6 Å². The summed E-state index contributed by atoms with van der Waals surface area (Å²) in [6, 6.07) is 6.09. The summed E-state index contributed by atoms with van der Waals surface area (Å²) in [5.74, 6) is -0.866. The highest BCUT2D eigenvalue weighted by atomic mass is 35.5. The van der Waals surface area contributed by atoms with Crippen molar-refractivity contribution in [2.75, 3.05) is 5.43 Å². The molecule has 2 heterocycles. The summed E-state index contributed by atoms with van der Waals surface area (Å²) in [5, 5.41) is 16.3. The molecule has 10 nitrogen and oxygen atoms in total. The van der Waals surface area contributed by atoms with Crippen molar-refractivity contribution in [3.63, 3.8) is 0 Å². The van der Waals surface area contributed by atoms with Crippen LogP contribution in [0.25, 0.3) is 5.82 Å². The van der Waals surface area contributed by atoms with Crippen molar-refractivity contribution in [3.05, 3.63) is 67.7 Å². The van der Waals surface area contributed by atoms with E-state index in [4.69, 9.17) is 23.2 Å². The average Bonchev–Trinajstić information content (AvgIpc) is 2.97. The van der Waals surface area contributed by atoms with Crippen LogP contribution in [0.5, 0.6) is 0 Å². The van der Waals surface area contributed by atoms with Crippen molar-refractivity contribution < 1.29 is 9.72 Å². The number of halogens is 2. The molecule has 0 radical (unpaired) electrons. The number of anilines is 1. The molecule has 0 aliphatic heterocycles. The van der Waals surface area contributed by atoms with Gasteiger partial charge in [0.2, 0.25) is 11.6 Å². The molecule has 28 heavy (non-hydrogen) atoms. The van der Waals surface area contributed by atoms with Gasteiger partial charge < -0.3 is 0 Å². The van der Waals surface area contributed by atoms with Gasteiger partial charge in [-0.05, 0) is 38.1 Å². The van der Waals surface area contributed by atoms with Crippen LogP contribution in [0.2, 0.25) is 10.0 Å². The van der Waals surface area contributed by atoms with Gasteiger partial charge in [0.25, 0.3) is 5.91 Å². The number of nitrogens with zero attached hydrogens (tertiary/aromatic N) is 5. The molecule has 144 valence electrons. The molecule has 0 spiro atoms. The SMILES string of the molecule is Cc1cc(C)n(-c2ncnc(NNC(=O)c3ccc(Cl)cc3Cl)c2[N+](=O)[O-])n1. The molecule has 12 heteroatoms. The summed E-state index contributed by atoms with van der Waals surface area (Å²) in [6.45, 7) is 3.50. The zero-order valence-electron chi connectivity index (χ0n) is 14.6. The second kappa shape index (κ2) is 7.79. The number of benzene rings is 1. The molecule has 3 aromatic rings. The molecule has 0 unspecified atom stereocenters. The van der Waals surface area contributed by atoms with E-state index < -0.39 is 16.5 Å².